The van der Waals surface area contributed by atoms with E-state index in [1.165, 1.54) is 17.1 Å². The molecule has 23 heavy (non-hydrogen) atoms. The minimum absolute atomic E-state index is 0.0579. The SMILES string of the molecule is CN1CCN(c2cnn(C3CCN(Cc4cnsc4)C3)c2)C1=O. The third-order valence-corrected chi connectivity index (χ3v) is 5.26. The van der Waals surface area contributed by atoms with Gasteiger partial charge in [0.05, 0.1) is 17.9 Å². The number of likely N-dealkylation sites (N-methyl/N-ethyl adjacent to an activating group) is 1. The summed E-state index contributed by atoms with van der Waals surface area (Å²) in [5.74, 6) is 0. The molecule has 2 fully saturated rings. The van der Waals surface area contributed by atoms with Crippen molar-refractivity contribution in [3.05, 3.63) is 29.5 Å². The summed E-state index contributed by atoms with van der Waals surface area (Å²) in [6, 6.07) is 0.438. The molecule has 1 atom stereocenters. The molecule has 2 aliphatic heterocycles. The van der Waals surface area contributed by atoms with Crippen molar-refractivity contribution >= 4 is 23.3 Å². The van der Waals surface area contributed by atoms with E-state index in [-0.39, 0.29) is 6.03 Å². The molecule has 2 saturated heterocycles. The first-order chi connectivity index (χ1) is 11.2. The first kappa shape index (κ1) is 14.6. The van der Waals surface area contributed by atoms with Crippen LogP contribution in [0.4, 0.5) is 10.5 Å². The summed E-state index contributed by atoms with van der Waals surface area (Å²) < 4.78 is 6.18. The van der Waals surface area contributed by atoms with Crippen LogP contribution in [0.5, 0.6) is 0 Å². The molecule has 8 heteroatoms. The lowest BCUT2D eigenvalue weighted by molar-refractivity contribution is 0.229. The first-order valence-electron chi connectivity index (χ1n) is 7.88. The zero-order chi connectivity index (χ0) is 15.8. The van der Waals surface area contributed by atoms with E-state index in [1.807, 2.05) is 30.3 Å². The standard InChI is InChI=1S/C15H20N6OS/c1-18-4-5-20(15(18)22)14-7-16-21(10-14)13-2-3-19(9-13)8-12-6-17-23-11-12/h6-7,10-11,13H,2-5,8-9H2,1H3. The molecule has 0 bridgehead atoms. The fourth-order valence-corrected chi connectivity index (χ4v) is 3.82. The Morgan fingerprint density at radius 2 is 2.22 bits per heavy atom. The Kier molecular flexibility index (Phi) is 3.78. The van der Waals surface area contributed by atoms with E-state index in [0.29, 0.717) is 6.04 Å². The van der Waals surface area contributed by atoms with E-state index in [9.17, 15) is 4.79 Å². The molecule has 0 aliphatic carbocycles. The van der Waals surface area contributed by atoms with Crippen LogP contribution in [0.3, 0.4) is 0 Å². The Labute approximate surface area is 139 Å². The molecule has 0 N–H and O–H groups in total. The van der Waals surface area contributed by atoms with Gasteiger partial charge in [0.2, 0.25) is 0 Å². The average Bonchev–Trinajstić information content (AvgIpc) is 3.30. The largest absolute Gasteiger partial charge is 0.326 e. The molecule has 2 amide bonds. The van der Waals surface area contributed by atoms with Gasteiger partial charge in [-0.3, -0.25) is 14.5 Å². The molecule has 2 aliphatic rings. The number of urea groups is 1. The van der Waals surface area contributed by atoms with E-state index >= 15 is 0 Å². The highest BCUT2D eigenvalue weighted by Crippen LogP contribution is 2.26. The van der Waals surface area contributed by atoms with Gasteiger partial charge in [0, 0.05) is 57.5 Å². The number of hydrogen-bond donors (Lipinski definition) is 0. The van der Waals surface area contributed by atoms with Crippen LogP contribution in [0.15, 0.2) is 24.0 Å². The minimum atomic E-state index is 0.0579. The molecule has 4 heterocycles. The number of anilines is 1. The summed E-state index contributed by atoms with van der Waals surface area (Å²) in [5, 5.41) is 6.61. The van der Waals surface area contributed by atoms with Crippen LogP contribution >= 0.6 is 11.5 Å². The molecule has 2 aromatic heterocycles. The first-order valence-corrected chi connectivity index (χ1v) is 8.72. The smallest absolute Gasteiger partial charge is 0.324 e. The molecule has 0 spiro atoms. The second-order valence-electron chi connectivity index (χ2n) is 6.24. The highest BCUT2D eigenvalue weighted by Gasteiger charge is 2.29. The number of amides is 2. The molecule has 0 saturated carbocycles. The Bertz CT molecular complexity index is 684. The Morgan fingerprint density at radius 3 is 2.96 bits per heavy atom. The molecule has 4 rings (SSSR count). The van der Waals surface area contributed by atoms with Crippen LogP contribution < -0.4 is 4.90 Å². The molecule has 0 aromatic carbocycles. The summed E-state index contributed by atoms with van der Waals surface area (Å²) >= 11 is 1.50. The number of carbonyl (C=O) groups excluding carboxylic acids is 1. The van der Waals surface area contributed by atoms with Gasteiger partial charge >= 0.3 is 6.03 Å². The van der Waals surface area contributed by atoms with Crippen LogP contribution in [-0.4, -0.2) is 63.2 Å². The predicted octanol–water partition coefficient (Wildman–Crippen LogP) is 1.66. The second kappa shape index (κ2) is 5.93. The third-order valence-electron chi connectivity index (χ3n) is 4.63. The fraction of sp³-hybridized carbons (Fsp3) is 0.533. The van der Waals surface area contributed by atoms with E-state index in [1.54, 1.807) is 9.80 Å². The molecule has 122 valence electrons. The van der Waals surface area contributed by atoms with E-state index in [4.69, 9.17) is 0 Å². The highest BCUT2D eigenvalue weighted by atomic mass is 32.1. The Hall–Kier alpha value is -1.93. The predicted molar refractivity (Wildman–Crippen MR) is 88.6 cm³/mol. The molecule has 1 unspecified atom stereocenters. The average molecular weight is 332 g/mol. The van der Waals surface area contributed by atoms with Gasteiger partial charge < -0.3 is 4.90 Å². The summed E-state index contributed by atoms with van der Waals surface area (Å²) in [6.07, 6.45) is 6.85. The fourth-order valence-electron chi connectivity index (χ4n) is 3.29. The molecule has 2 aromatic rings. The topological polar surface area (TPSA) is 57.5 Å². The normalized spacial score (nSPS) is 22.5. The van der Waals surface area contributed by atoms with Gasteiger partial charge in [-0.25, -0.2) is 9.17 Å². The van der Waals surface area contributed by atoms with Crippen LogP contribution in [0.25, 0.3) is 0 Å². The zero-order valence-electron chi connectivity index (χ0n) is 13.1. The second-order valence-corrected chi connectivity index (χ2v) is 6.90. The van der Waals surface area contributed by atoms with Gasteiger partial charge in [-0.05, 0) is 23.5 Å². The maximum Gasteiger partial charge on any atom is 0.324 e. The number of hydrogen-bond acceptors (Lipinski definition) is 5. The van der Waals surface area contributed by atoms with Crippen molar-refractivity contribution in [2.45, 2.75) is 19.0 Å². The van der Waals surface area contributed by atoms with Crippen molar-refractivity contribution in [2.24, 2.45) is 0 Å². The van der Waals surface area contributed by atoms with Crippen LogP contribution in [-0.2, 0) is 6.54 Å². The maximum absolute atomic E-state index is 12.1. The van der Waals surface area contributed by atoms with Gasteiger partial charge in [-0.1, -0.05) is 0 Å². The molecule has 0 radical (unpaired) electrons. The molecular weight excluding hydrogens is 312 g/mol. The summed E-state index contributed by atoms with van der Waals surface area (Å²) in [5.41, 5.74) is 2.18. The number of nitrogens with zero attached hydrogens (tertiary/aromatic N) is 6. The summed E-state index contributed by atoms with van der Waals surface area (Å²) in [6.45, 7) is 4.53. The summed E-state index contributed by atoms with van der Waals surface area (Å²) in [7, 11) is 1.83. The van der Waals surface area contributed by atoms with Crippen molar-refractivity contribution in [1.82, 2.24) is 24.0 Å². The maximum atomic E-state index is 12.1. The monoisotopic (exact) mass is 332 g/mol. The van der Waals surface area contributed by atoms with E-state index < -0.39 is 0 Å². The number of aromatic nitrogens is 3. The lowest BCUT2D eigenvalue weighted by Crippen LogP contribution is -2.28. The minimum Gasteiger partial charge on any atom is -0.326 e. The highest BCUT2D eigenvalue weighted by molar-refractivity contribution is 7.03. The van der Waals surface area contributed by atoms with E-state index in [0.717, 1.165) is 44.8 Å². The number of carbonyl (C=O) groups is 1. The summed E-state index contributed by atoms with van der Waals surface area (Å²) in [4.78, 5) is 18.0. The van der Waals surface area contributed by atoms with Gasteiger partial charge in [-0.15, -0.1) is 0 Å². The Morgan fingerprint density at radius 1 is 1.30 bits per heavy atom. The van der Waals surface area contributed by atoms with Gasteiger partial charge in [0.1, 0.15) is 0 Å². The van der Waals surface area contributed by atoms with Gasteiger partial charge in [0.25, 0.3) is 0 Å². The zero-order valence-corrected chi connectivity index (χ0v) is 13.9. The van der Waals surface area contributed by atoms with Crippen LogP contribution in [0.2, 0.25) is 0 Å². The lowest BCUT2D eigenvalue weighted by Gasteiger charge is -2.15. The van der Waals surface area contributed by atoms with Gasteiger partial charge in [-0.2, -0.15) is 5.10 Å². The van der Waals surface area contributed by atoms with Crippen molar-refractivity contribution < 1.29 is 4.79 Å². The lowest BCUT2D eigenvalue weighted by atomic mass is 10.3. The number of likely N-dealkylation sites (tertiary alicyclic amines) is 1. The van der Waals surface area contributed by atoms with Crippen LogP contribution in [0.1, 0.15) is 18.0 Å². The van der Waals surface area contributed by atoms with Crippen LogP contribution in [0, 0.1) is 0 Å². The molecule has 7 nitrogen and oxygen atoms in total. The van der Waals surface area contributed by atoms with Gasteiger partial charge in [0.15, 0.2) is 0 Å². The van der Waals surface area contributed by atoms with Crippen molar-refractivity contribution in [3.8, 4) is 0 Å². The van der Waals surface area contributed by atoms with Crippen molar-refractivity contribution in [1.29, 1.82) is 0 Å². The third kappa shape index (κ3) is 2.84. The molecular formula is C15H20N6OS. The van der Waals surface area contributed by atoms with Crippen molar-refractivity contribution in [2.75, 3.05) is 38.1 Å². The van der Waals surface area contributed by atoms with Crippen molar-refractivity contribution in [3.63, 3.8) is 0 Å². The number of rotatable bonds is 4. The van der Waals surface area contributed by atoms with E-state index in [2.05, 4.69) is 19.8 Å². The quantitative estimate of drug-likeness (QED) is 0.854. The Balaban J connectivity index is 1.41.